The van der Waals surface area contributed by atoms with E-state index in [2.05, 4.69) is 31.7 Å². The number of nitrogens with zero attached hydrogens (tertiary/aromatic N) is 1. The zero-order chi connectivity index (χ0) is 13.3. The highest BCUT2D eigenvalue weighted by Crippen LogP contribution is 2.25. The summed E-state index contributed by atoms with van der Waals surface area (Å²) in [5.74, 6) is 0.201. The summed E-state index contributed by atoms with van der Waals surface area (Å²) in [7, 11) is 0. The fraction of sp³-hybridized carbons (Fsp3) is 0.562. The van der Waals surface area contributed by atoms with Crippen LogP contribution in [0, 0.1) is 13.8 Å². The number of carbonyl (C=O) groups excluding carboxylic acids is 1. The van der Waals surface area contributed by atoms with Crippen molar-refractivity contribution in [1.29, 1.82) is 0 Å². The Morgan fingerprint density at radius 1 is 1.17 bits per heavy atom. The van der Waals surface area contributed by atoms with Crippen LogP contribution < -0.4 is 0 Å². The van der Waals surface area contributed by atoms with Gasteiger partial charge in [0.2, 0.25) is 0 Å². The van der Waals surface area contributed by atoms with Gasteiger partial charge in [0, 0.05) is 17.6 Å². The molecular weight excluding hydrogens is 222 g/mol. The second-order valence-corrected chi connectivity index (χ2v) is 5.66. The average Bonchev–Trinajstić information content (AvgIpc) is 2.28. The number of aryl methyl sites for hydroxylation is 2. The van der Waals surface area contributed by atoms with E-state index >= 15 is 0 Å². The maximum Gasteiger partial charge on any atom is 0.254 e. The van der Waals surface area contributed by atoms with Gasteiger partial charge in [0.25, 0.3) is 5.91 Å². The van der Waals surface area contributed by atoms with Crippen LogP contribution in [0.5, 0.6) is 0 Å². The minimum absolute atomic E-state index is 0.201. The average molecular weight is 245 g/mol. The maximum absolute atomic E-state index is 12.7. The molecule has 0 aromatic heterocycles. The molecule has 18 heavy (non-hydrogen) atoms. The van der Waals surface area contributed by atoms with Gasteiger partial charge < -0.3 is 4.90 Å². The molecule has 0 bridgehead atoms. The molecule has 98 valence electrons. The Labute approximate surface area is 110 Å². The molecular formula is C16H23NO. The molecule has 0 radical (unpaired) electrons. The van der Waals surface area contributed by atoms with Gasteiger partial charge in [-0.25, -0.2) is 0 Å². The van der Waals surface area contributed by atoms with Crippen LogP contribution >= 0.6 is 0 Å². The van der Waals surface area contributed by atoms with Crippen LogP contribution in [-0.4, -0.2) is 22.9 Å². The lowest BCUT2D eigenvalue weighted by molar-refractivity contribution is 0.0510. The molecule has 0 N–H and O–H groups in total. The molecule has 2 rings (SSSR count). The van der Waals surface area contributed by atoms with E-state index in [0.717, 1.165) is 24.0 Å². The van der Waals surface area contributed by atoms with Crippen LogP contribution in [0.1, 0.15) is 54.6 Å². The minimum Gasteiger partial charge on any atom is -0.333 e. The third-order valence-corrected chi connectivity index (χ3v) is 4.04. The zero-order valence-electron chi connectivity index (χ0n) is 11.9. The van der Waals surface area contributed by atoms with E-state index in [0.29, 0.717) is 12.1 Å². The molecule has 1 fully saturated rings. The molecule has 0 aliphatic carbocycles. The van der Waals surface area contributed by atoms with Crippen LogP contribution in [0.25, 0.3) is 0 Å². The van der Waals surface area contributed by atoms with E-state index < -0.39 is 0 Å². The molecule has 2 nitrogen and oxygen atoms in total. The SMILES string of the molecule is Cc1ccc(C(=O)N2[C@H](C)CCC[C@H]2C)c(C)c1. The first-order chi connectivity index (χ1) is 8.50. The van der Waals surface area contributed by atoms with Crippen molar-refractivity contribution in [3.05, 3.63) is 34.9 Å². The molecule has 2 atom stereocenters. The Hall–Kier alpha value is -1.31. The largest absolute Gasteiger partial charge is 0.333 e. The fourth-order valence-corrected chi connectivity index (χ4v) is 3.01. The standard InChI is InChI=1S/C16H23NO/c1-11-8-9-15(12(2)10-11)16(18)17-13(3)6-5-7-14(17)4/h8-10,13-14H,5-7H2,1-4H3/t13-,14-/m1/s1. The van der Waals surface area contributed by atoms with Gasteiger partial charge in [-0.05, 0) is 58.6 Å². The van der Waals surface area contributed by atoms with Crippen LogP contribution in [0.2, 0.25) is 0 Å². The summed E-state index contributed by atoms with van der Waals surface area (Å²) in [4.78, 5) is 14.7. The number of rotatable bonds is 1. The van der Waals surface area contributed by atoms with Crippen molar-refractivity contribution >= 4 is 5.91 Å². The lowest BCUT2D eigenvalue weighted by Gasteiger charge is -2.39. The van der Waals surface area contributed by atoms with Crippen molar-refractivity contribution in [2.75, 3.05) is 0 Å². The van der Waals surface area contributed by atoms with Gasteiger partial charge in [0.1, 0.15) is 0 Å². The molecule has 1 aromatic rings. The summed E-state index contributed by atoms with van der Waals surface area (Å²) in [5.41, 5.74) is 3.16. The quantitative estimate of drug-likeness (QED) is 0.738. The van der Waals surface area contributed by atoms with Crippen molar-refractivity contribution in [2.45, 2.75) is 59.0 Å². The maximum atomic E-state index is 12.7. The summed E-state index contributed by atoms with van der Waals surface area (Å²) in [6.07, 6.45) is 3.49. The number of hydrogen-bond donors (Lipinski definition) is 0. The summed E-state index contributed by atoms with van der Waals surface area (Å²) < 4.78 is 0. The van der Waals surface area contributed by atoms with Gasteiger partial charge in [0.15, 0.2) is 0 Å². The van der Waals surface area contributed by atoms with Crippen molar-refractivity contribution in [1.82, 2.24) is 4.90 Å². The van der Waals surface area contributed by atoms with Crippen molar-refractivity contribution in [3.8, 4) is 0 Å². The molecule has 1 aromatic carbocycles. The van der Waals surface area contributed by atoms with Crippen LogP contribution in [-0.2, 0) is 0 Å². The van der Waals surface area contributed by atoms with E-state index in [-0.39, 0.29) is 5.91 Å². The van der Waals surface area contributed by atoms with E-state index in [4.69, 9.17) is 0 Å². The van der Waals surface area contributed by atoms with Crippen LogP contribution in [0.15, 0.2) is 18.2 Å². The number of likely N-dealkylation sites (tertiary alicyclic amines) is 1. The molecule has 1 amide bonds. The van der Waals surface area contributed by atoms with Crippen molar-refractivity contribution in [2.24, 2.45) is 0 Å². The number of hydrogen-bond acceptors (Lipinski definition) is 1. The Kier molecular flexibility index (Phi) is 3.74. The van der Waals surface area contributed by atoms with E-state index in [1.54, 1.807) is 0 Å². The number of benzene rings is 1. The predicted octanol–water partition coefficient (Wildman–Crippen LogP) is 3.71. The number of amides is 1. The zero-order valence-corrected chi connectivity index (χ0v) is 11.9. The molecule has 2 heteroatoms. The summed E-state index contributed by atoms with van der Waals surface area (Å²) >= 11 is 0. The van der Waals surface area contributed by atoms with E-state index in [1.165, 1.54) is 12.0 Å². The number of carbonyl (C=O) groups is 1. The van der Waals surface area contributed by atoms with Crippen molar-refractivity contribution < 1.29 is 4.79 Å². The Morgan fingerprint density at radius 3 is 2.33 bits per heavy atom. The summed E-state index contributed by atoms with van der Waals surface area (Å²) in [6, 6.07) is 6.82. The molecule has 1 saturated heterocycles. The van der Waals surface area contributed by atoms with E-state index in [1.807, 2.05) is 19.1 Å². The summed E-state index contributed by atoms with van der Waals surface area (Å²) in [6.45, 7) is 8.42. The van der Waals surface area contributed by atoms with Gasteiger partial charge in [0.05, 0.1) is 0 Å². The molecule has 0 spiro atoms. The van der Waals surface area contributed by atoms with E-state index in [9.17, 15) is 4.79 Å². The molecule has 0 saturated carbocycles. The molecule has 1 aliphatic heterocycles. The van der Waals surface area contributed by atoms with Crippen LogP contribution in [0.3, 0.4) is 0 Å². The highest BCUT2D eigenvalue weighted by atomic mass is 16.2. The van der Waals surface area contributed by atoms with Gasteiger partial charge in [-0.2, -0.15) is 0 Å². The topological polar surface area (TPSA) is 20.3 Å². The smallest absolute Gasteiger partial charge is 0.254 e. The van der Waals surface area contributed by atoms with Gasteiger partial charge in [-0.15, -0.1) is 0 Å². The first-order valence-electron chi connectivity index (χ1n) is 6.90. The van der Waals surface area contributed by atoms with Gasteiger partial charge in [-0.3, -0.25) is 4.79 Å². The third-order valence-electron chi connectivity index (χ3n) is 4.04. The first-order valence-corrected chi connectivity index (χ1v) is 6.90. The lowest BCUT2D eigenvalue weighted by atomic mass is 9.95. The monoisotopic (exact) mass is 245 g/mol. The minimum atomic E-state index is 0.201. The highest BCUT2D eigenvalue weighted by molar-refractivity contribution is 5.96. The molecule has 1 heterocycles. The Balaban J connectivity index is 2.29. The Morgan fingerprint density at radius 2 is 1.78 bits per heavy atom. The fourth-order valence-electron chi connectivity index (χ4n) is 3.01. The molecule has 1 aliphatic rings. The molecule has 0 unspecified atom stereocenters. The van der Waals surface area contributed by atoms with Crippen molar-refractivity contribution in [3.63, 3.8) is 0 Å². The first kappa shape index (κ1) is 13.1. The highest BCUT2D eigenvalue weighted by Gasteiger charge is 2.30. The lowest BCUT2D eigenvalue weighted by Crippen LogP contribution is -2.47. The second kappa shape index (κ2) is 5.13. The van der Waals surface area contributed by atoms with Gasteiger partial charge in [-0.1, -0.05) is 17.7 Å². The predicted molar refractivity (Wildman–Crippen MR) is 74.9 cm³/mol. The summed E-state index contributed by atoms with van der Waals surface area (Å²) in [5, 5.41) is 0. The normalized spacial score (nSPS) is 24.1. The third kappa shape index (κ3) is 2.43. The number of piperidine rings is 1. The van der Waals surface area contributed by atoms with Crippen LogP contribution in [0.4, 0.5) is 0 Å². The second-order valence-electron chi connectivity index (χ2n) is 5.66. The van der Waals surface area contributed by atoms with Gasteiger partial charge >= 0.3 is 0 Å². The Bertz CT molecular complexity index is 442.